The van der Waals surface area contributed by atoms with Crippen molar-refractivity contribution in [3.63, 3.8) is 0 Å². The molecule has 0 saturated heterocycles. The summed E-state index contributed by atoms with van der Waals surface area (Å²) in [6, 6.07) is 14.7. The molecule has 2 rings (SSSR count). The fourth-order valence-electron chi connectivity index (χ4n) is 2.62. The van der Waals surface area contributed by atoms with Crippen LogP contribution in [0.5, 0.6) is 11.5 Å². The predicted molar refractivity (Wildman–Crippen MR) is 129 cm³/mol. The molecule has 34 heavy (non-hydrogen) atoms. The van der Waals surface area contributed by atoms with Crippen LogP contribution in [0.15, 0.2) is 58.7 Å². The highest BCUT2D eigenvalue weighted by Crippen LogP contribution is 2.15. The van der Waals surface area contributed by atoms with Crippen molar-refractivity contribution in [1.29, 1.82) is 0 Å². The summed E-state index contributed by atoms with van der Waals surface area (Å²) in [4.78, 5) is 22.6. The Balaban J connectivity index is 1.76. The van der Waals surface area contributed by atoms with Gasteiger partial charge in [-0.15, -0.1) is 0 Å². The monoisotopic (exact) mass is 470 g/mol. The first-order chi connectivity index (χ1) is 16.4. The van der Waals surface area contributed by atoms with Gasteiger partial charge in [0.2, 0.25) is 0 Å². The average Bonchev–Trinajstić information content (AvgIpc) is 2.85. The van der Waals surface area contributed by atoms with Crippen LogP contribution >= 0.6 is 0 Å². The standard InChI is InChI=1S/C24H30N4O6/c1-5-31-23(29)27-25-17(3)19-7-11-21(12-8-19)33-15-16-34-22-13-9-20(10-14-22)18(4)26-28-24(30)32-6-2/h7-14H,5-6,15-16H2,1-4H3,(H,27,29)(H,28,30)/b25-17+,26-18+. The molecular weight excluding hydrogens is 440 g/mol. The van der Waals surface area contributed by atoms with Gasteiger partial charge in [-0.3, -0.25) is 0 Å². The Bertz CT molecular complexity index is 906. The van der Waals surface area contributed by atoms with Crippen LogP contribution in [0, 0.1) is 0 Å². The average molecular weight is 471 g/mol. The SMILES string of the molecule is CCOC(=O)N/N=C(\C)c1ccc(OCCOc2ccc(/C(C)=N/NC(=O)OCC)cc2)cc1. The van der Waals surface area contributed by atoms with Crippen LogP contribution in [0.4, 0.5) is 9.59 Å². The molecule has 2 aromatic rings. The highest BCUT2D eigenvalue weighted by atomic mass is 16.6. The minimum atomic E-state index is -0.592. The number of nitrogens with one attached hydrogen (secondary N) is 2. The number of hydrogen-bond acceptors (Lipinski definition) is 8. The molecule has 0 aromatic heterocycles. The summed E-state index contributed by atoms with van der Waals surface area (Å²) >= 11 is 0. The van der Waals surface area contributed by atoms with E-state index in [2.05, 4.69) is 21.1 Å². The van der Waals surface area contributed by atoms with Crippen LogP contribution in [-0.2, 0) is 9.47 Å². The van der Waals surface area contributed by atoms with Gasteiger partial charge in [-0.1, -0.05) is 0 Å². The molecule has 2 N–H and O–H groups in total. The van der Waals surface area contributed by atoms with Gasteiger partial charge < -0.3 is 18.9 Å². The maximum Gasteiger partial charge on any atom is 0.427 e. The number of amides is 2. The van der Waals surface area contributed by atoms with E-state index in [1.165, 1.54) is 0 Å². The summed E-state index contributed by atoms with van der Waals surface area (Å²) in [5, 5.41) is 7.99. The number of carbonyl (C=O) groups is 2. The molecule has 0 atom stereocenters. The van der Waals surface area contributed by atoms with E-state index in [0.717, 1.165) is 11.1 Å². The van der Waals surface area contributed by atoms with Gasteiger partial charge >= 0.3 is 12.2 Å². The summed E-state index contributed by atoms with van der Waals surface area (Å²) in [5.41, 5.74) is 7.63. The number of carbonyl (C=O) groups excluding carboxylic acids is 2. The lowest BCUT2D eigenvalue weighted by atomic mass is 10.1. The van der Waals surface area contributed by atoms with Gasteiger partial charge in [0.15, 0.2) is 0 Å². The number of rotatable bonds is 11. The summed E-state index contributed by atoms with van der Waals surface area (Å²) in [6.07, 6.45) is -1.18. The van der Waals surface area contributed by atoms with Gasteiger partial charge in [-0.2, -0.15) is 10.2 Å². The van der Waals surface area contributed by atoms with E-state index >= 15 is 0 Å². The highest BCUT2D eigenvalue weighted by molar-refractivity contribution is 5.99. The second kappa shape index (κ2) is 14.1. The van der Waals surface area contributed by atoms with Crippen LogP contribution in [0.25, 0.3) is 0 Å². The molecule has 0 fully saturated rings. The molecule has 2 aromatic carbocycles. The zero-order valence-corrected chi connectivity index (χ0v) is 19.8. The summed E-state index contributed by atoms with van der Waals surface area (Å²) in [6.45, 7) is 8.31. The Morgan fingerprint density at radius 3 is 1.35 bits per heavy atom. The molecular formula is C24H30N4O6. The van der Waals surface area contributed by atoms with Crippen molar-refractivity contribution < 1.29 is 28.5 Å². The molecule has 0 aliphatic heterocycles. The van der Waals surface area contributed by atoms with E-state index in [1.807, 2.05) is 48.5 Å². The van der Waals surface area contributed by atoms with E-state index in [-0.39, 0.29) is 13.2 Å². The third-order valence-electron chi connectivity index (χ3n) is 4.35. The number of hydrogen-bond donors (Lipinski definition) is 2. The molecule has 0 aliphatic carbocycles. The van der Waals surface area contributed by atoms with E-state index in [1.54, 1.807) is 27.7 Å². The third-order valence-corrected chi connectivity index (χ3v) is 4.35. The first kappa shape index (κ1) is 26.2. The first-order valence-electron chi connectivity index (χ1n) is 10.8. The quantitative estimate of drug-likeness (QED) is 0.290. The number of benzene rings is 2. The number of ether oxygens (including phenoxy) is 4. The zero-order valence-electron chi connectivity index (χ0n) is 19.8. The Labute approximate surface area is 198 Å². The molecule has 182 valence electrons. The molecule has 0 saturated carbocycles. The van der Waals surface area contributed by atoms with Crippen LogP contribution < -0.4 is 20.3 Å². The summed E-state index contributed by atoms with van der Waals surface area (Å²) < 4.78 is 20.9. The Kier molecular flexibility index (Phi) is 10.9. The van der Waals surface area contributed by atoms with Crippen molar-refractivity contribution in [2.45, 2.75) is 27.7 Å². The topological polar surface area (TPSA) is 120 Å². The summed E-state index contributed by atoms with van der Waals surface area (Å²) in [5.74, 6) is 1.38. The lowest BCUT2D eigenvalue weighted by molar-refractivity contribution is 0.151. The second-order valence-corrected chi connectivity index (χ2v) is 6.80. The molecule has 2 amide bonds. The Morgan fingerprint density at radius 2 is 1.03 bits per heavy atom. The lowest BCUT2D eigenvalue weighted by Crippen LogP contribution is -2.20. The summed E-state index contributed by atoms with van der Waals surface area (Å²) in [7, 11) is 0. The fourth-order valence-corrected chi connectivity index (χ4v) is 2.62. The van der Waals surface area contributed by atoms with Crippen LogP contribution in [-0.4, -0.2) is 50.0 Å². The zero-order chi connectivity index (χ0) is 24.8. The van der Waals surface area contributed by atoms with Crippen molar-refractivity contribution in [3.05, 3.63) is 59.7 Å². The highest BCUT2D eigenvalue weighted by Gasteiger charge is 2.04. The van der Waals surface area contributed by atoms with E-state index < -0.39 is 12.2 Å². The van der Waals surface area contributed by atoms with E-state index in [4.69, 9.17) is 18.9 Å². The number of hydrazone groups is 2. The van der Waals surface area contributed by atoms with Gasteiger partial charge in [0.1, 0.15) is 24.7 Å². The Hall–Kier alpha value is -4.08. The minimum absolute atomic E-state index is 0.284. The molecule has 10 heteroatoms. The maximum atomic E-state index is 11.3. The smallest absolute Gasteiger partial charge is 0.427 e. The van der Waals surface area contributed by atoms with Crippen molar-refractivity contribution in [2.75, 3.05) is 26.4 Å². The molecule has 10 nitrogen and oxygen atoms in total. The van der Waals surface area contributed by atoms with E-state index in [0.29, 0.717) is 36.1 Å². The Morgan fingerprint density at radius 1 is 0.676 bits per heavy atom. The van der Waals surface area contributed by atoms with Crippen molar-refractivity contribution in [3.8, 4) is 11.5 Å². The molecule has 0 bridgehead atoms. The van der Waals surface area contributed by atoms with Crippen molar-refractivity contribution in [1.82, 2.24) is 10.9 Å². The molecule has 0 spiro atoms. The largest absolute Gasteiger partial charge is 0.490 e. The molecule has 0 aliphatic rings. The number of nitrogens with zero attached hydrogens (tertiary/aromatic N) is 2. The van der Waals surface area contributed by atoms with Crippen molar-refractivity contribution >= 4 is 23.6 Å². The van der Waals surface area contributed by atoms with E-state index in [9.17, 15) is 9.59 Å². The minimum Gasteiger partial charge on any atom is -0.490 e. The molecule has 0 radical (unpaired) electrons. The van der Waals surface area contributed by atoms with Crippen LogP contribution in [0.1, 0.15) is 38.8 Å². The maximum absolute atomic E-state index is 11.3. The second-order valence-electron chi connectivity index (χ2n) is 6.80. The van der Waals surface area contributed by atoms with Crippen molar-refractivity contribution in [2.24, 2.45) is 10.2 Å². The van der Waals surface area contributed by atoms with Gasteiger partial charge in [-0.25, -0.2) is 20.4 Å². The third kappa shape index (κ3) is 9.19. The van der Waals surface area contributed by atoms with Gasteiger partial charge in [0.25, 0.3) is 0 Å². The first-order valence-corrected chi connectivity index (χ1v) is 10.8. The molecule has 0 heterocycles. The predicted octanol–water partition coefficient (Wildman–Crippen LogP) is 4.08. The van der Waals surface area contributed by atoms with Crippen LogP contribution in [0.2, 0.25) is 0 Å². The molecule has 0 unspecified atom stereocenters. The normalized spacial score (nSPS) is 11.4. The van der Waals surface area contributed by atoms with Crippen LogP contribution in [0.3, 0.4) is 0 Å². The lowest BCUT2D eigenvalue weighted by Gasteiger charge is -2.10. The van der Waals surface area contributed by atoms with Gasteiger partial charge in [0, 0.05) is 0 Å². The fraction of sp³-hybridized carbons (Fsp3) is 0.333. The van der Waals surface area contributed by atoms with Gasteiger partial charge in [0.05, 0.1) is 24.6 Å². The van der Waals surface area contributed by atoms with Gasteiger partial charge in [-0.05, 0) is 87.4 Å².